The molecule has 0 bridgehead atoms. The van der Waals surface area contributed by atoms with Crippen molar-refractivity contribution in [2.45, 2.75) is 37.6 Å². The zero-order chi connectivity index (χ0) is 12.3. The van der Waals surface area contributed by atoms with Gasteiger partial charge in [-0.3, -0.25) is 0 Å². The van der Waals surface area contributed by atoms with Crippen LogP contribution in [0.1, 0.15) is 13.3 Å². The summed E-state index contributed by atoms with van der Waals surface area (Å²) < 4.78 is 0. The molecular formula is C13H20N2O2. The van der Waals surface area contributed by atoms with Gasteiger partial charge in [0.2, 0.25) is 0 Å². The monoisotopic (exact) mass is 236 g/mol. The first-order chi connectivity index (χ1) is 8.18. The highest BCUT2D eigenvalue weighted by atomic mass is 16.3. The van der Waals surface area contributed by atoms with Crippen LogP contribution in [0.3, 0.4) is 0 Å². The van der Waals surface area contributed by atoms with Crippen LogP contribution in [0.5, 0.6) is 0 Å². The van der Waals surface area contributed by atoms with Crippen LogP contribution in [0, 0.1) is 0 Å². The van der Waals surface area contributed by atoms with E-state index in [4.69, 9.17) is 0 Å². The molecule has 17 heavy (non-hydrogen) atoms. The molecule has 0 radical (unpaired) electrons. The Morgan fingerprint density at radius 2 is 2.24 bits per heavy atom. The smallest absolute Gasteiger partial charge is 0.0967 e. The number of hydrogen-bond donors (Lipinski definition) is 4. The zero-order valence-electron chi connectivity index (χ0n) is 10.1. The van der Waals surface area contributed by atoms with Gasteiger partial charge in [0, 0.05) is 24.2 Å². The van der Waals surface area contributed by atoms with Crippen LogP contribution in [0.15, 0.2) is 29.5 Å². The molecule has 0 aromatic carbocycles. The summed E-state index contributed by atoms with van der Waals surface area (Å²) in [5.41, 5.74) is 4.27. The third kappa shape index (κ3) is 3.06. The Morgan fingerprint density at radius 1 is 1.41 bits per heavy atom. The van der Waals surface area contributed by atoms with Crippen LogP contribution < -0.4 is 10.6 Å². The molecule has 1 fully saturated rings. The largest absolute Gasteiger partial charge is 0.389 e. The van der Waals surface area contributed by atoms with Crippen molar-refractivity contribution in [1.82, 2.24) is 10.6 Å². The Labute approximate surface area is 102 Å². The lowest BCUT2D eigenvalue weighted by molar-refractivity contribution is 0.0293. The predicted molar refractivity (Wildman–Crippen MR) is 66.6 cm³/mol. The summed E-state index contributed by atoms with van der Waals surface area (Å²) in [4.78, 5) is 0. The minimum Gasteiger partial charge on any atom is -0.389 e. The van der Waals surface area contributed by atoms with Gasteiger partial charge in [-0.15, -0.1) is 5.73 Å². The van der Waals surface area contributed by atoms with Gasteiger partial charge in [0.25, 0.3) is 0 Å². The van der Waals surface area contributed by atoms with Crippen molar-refractivity contribution in [2.75, 3.05) is 13.1 Å². The van der Waals surface area contributed by atoms with E-state index in [0.717, 1.165) is 25.1 Å². The molecule has 0 aromatic rings. The van der Waals surface area contributed by atoms with Gasteiger partial charge in [-0.25, -0.2) is 0 Å². The minimum absolute atomic E-state index is 0.0175. The summed E-state index contributed by atoms with van der Waals surface area (Å²) in [5.74, 6) is 0. The SMILES string of the molecule is C[C@@H]1N[C@H](CCNCC2=C=CC=C2)[C@H](O)[C@@H]1O. The molecule has 0 aromatic heterocycles. The van der Waals surface area contributed by atoms with Crippen LogP contribution in [-0.2, 0) is 0 Å². The normalized spacial score (nSPS) is 35.6. The first kappa shape index (κ1) is 12.6. The topological polar surface area (TPSA) is 64.5 Å². The molecule has 1 heterocycles. The van der Waals surface area contributed by atoms with Crippen molar-refractivity contribution >= 4 is 0 Å². The predicted octanol–water partition coefficient (Wildman–Crippen LogP) is -0.301. The molecule has 1 aliphatic heterocycles. The maximum Gasteiger partial charge on any atom is 0.0967 e. The molecule has 0 saturated carbocycles. The van der Waals surface area contributed by atoms with Crippen LogP contribution in [0.2, 0.25) is 0 Å². The fraction of sp³-hybridized carbons (Fsp3) is 0.615. The number of rotatable bonds is 5. The average Bonchev–Trinajstić information content (AvgIpc) is 2.90. The summed E-state index contributed by atoms with van der Waals surface area (Å²) >= 11 is 0. The molecule has 2 rings (SSSR count). The summed E-state index contributed by atoms with van der Waals surface area (Å²) in [6.07, 6.45) is 5.40. The van der Waals surface area contributed by atoms with Gasteiger partial charge in [-0.05, 0) is 32.0 Å². The zero-order valence-corrected chi connectivity index (χ0v) is 10.1. The second kappa shape index (κ2) is 5.63. The summed E-state index contributed by atoms with van der Waals surface area (Å²) in [6, 6.07) is -0.0467. The number of aliphatic hydroxyl groups is 2. The van der Waals surface area contributed by atoms with Gasteiger partial charge >= 0.3 is 0 Å². The first-order valence-corrected chi connectivity index (χ1v) is 6.13. The van der Waals surface area contributed by atoms with Crippen LogP contribution in [0.25, 0.3) is 0 Å². The Balaban J connectivity index is 1.65. The van der Waals surface area contributed by atoms with E-state index in [9.17, 15) is 10.2 Å². The van der Waals surface area contributed by atoms with Gasteiger partial charge in [-0.1, -0.05) is 6.08 Å². The van der Waals surface area contributed by atoms with Crippen molar-refractivity contribution in [3.05, 3.63) is 29.5 Å². The van der Waals surface area contributed by atoms with Gasteiger partial charge in [0.1, 0.15) is 0 Å². The molecule has 4 nitrogen and oxygen atoms in total. The maximum atomic E-state index is 9.76. The number of aliphatic hydroxyl groups excluding tert-OH is 2. The highest BCUT2D eigenvalue weighted by molar-refractivity contribution is 5.29. The van der Waals surface area contributed by atoms with E-state index in [1.807, 2.05) is 25.2 Å². The van der Waals surface area contributed by atoms with Crippen molar-refractivity contribution in [3.8, 4) is 0 Å². The molecule has 4 N–H and O–H groups in total. The van der Waals surface area contributed by atoms with Crippen molar-refractivity contribution in [1.29, 1.82) is 0 Å². The Bertz CT molecular complexity index is 358. The standard InChI is InChI=1S/C13H20N2O2/c1-9-12(16)13(17)11(15-9)6-7-14-8-10-4-2-3-5-10/h2-4,9,11-17H,6-8H2,1H3/t9-,11+,12+,13-/m0/s1. The van der Waals surface area contributed by atoms with E-state index in [1.165, 1.54) is 0 Å². The van der Waals surface area contributed by atoms with Gasteiger partial charge < -0.3 is 20.8 Å². The fourth-order valence-electron chi connectivity index (χ4n) is 2.28. The third-order valence-corrected chi connectivity index (χ3v) is 3.36. The van der Waals surface area contributed by atoms with E-state index in [0.29, 0.717) is 0 Å². The van der Waals surface area contributed by atoms with E-state index in [1.54, 1.807) is 0 Å². The molecule has 1 aliphatic carbocycles. The number of allylic oxidation sites excluding steroid dienone is 1. The second-order valence-corrected chi connectivity index (χ2v) is 4.70. The maximum absolute atomic E-state index is 9.76. The molecule has 94 valence electrons. The van der Waals surface area contributed by atoms with Gasteiger partial charge in [0.05, 0.1) is 12.2 Å². The molecule has 0 amide bonds. The number of nitrogens with one attached hydrogen (secondary N) is 2. The third-order valence-electron chi connectivity index (χ3n) is 3.36. The summed E-state index contributed by atoms with van der Waals surface area (Å²) in [5, 5.41) is 25.9. The van der Waals surface area contributed by atoms with Gasteiger partial charge in [0.15, 0.2) is 0 Å². The van der Waals surface area contributed by atoms with Crippen LogP contribution in [-0.4, -0.2) is 47.6 Å². The van der Waals surface area contributed by atoms with E-state index < -0.39 is 12.2 Å². The van der Waals surface area contributed by atoms with E-state index in [-0.39, 0.29) is 12.1 Å². The van der Waals surface area contributed by atoms with Crippen LogP contribution >= 0.6 is 0 Å². The Kier molecular flexibility index (Phi) is 4.15. The van der Waals surface area contributed by atoms with Crippen LogP contribution in [0.4, 0.5) is 0 Å². The lowest BCUT2D eigenvalue weighted by Gasteiger charge is -2.15. The molecule has 0 spiro atoms. The summed E-state index contributed by atoms with van der Waals surface area (Å²) in [6.45, 7) is 3.50. The lowest BCUT2D eigenvalue weighted by Crippen LogP contribution is -2.36. The highest BCUT2D eigenvalue weighted by Gasteiger charge is 2.37. The molecule has 1 saturated heterocycles. The molecule has 4 atom stereocenters. The fourth-order valence-corrected chi connectivity index (χ4v) is 2.28. The lowest BCUT2D eigenvalue weighted by atomic mass is 10.1. The summed E-state index contributed by atoms with van der Waals surface area (Å²) in [7, 11) is 0. The van der Waals surface area contributed by atoms with Crippen molar-refractivity contribution in [3.63, 3.8) is 0 Å². The van der Waals surface area contributed by atoms with E-state index in [2.05, 4.69) is 16.4 Å². The first-order valence-electron chi connectivity index (χ1n) is 6.13. The highest BCUT2D eigenvalue weighted by Crippen LogP contribution is 2.16. The molecule has 0 unspecified atom stereocenters. The average molecular weight is 236 g/mol. The molecule has 2 aliphatic rings. The van der Waals surface area contributed by atoms with E-state index >= 15 is 0 Å². The van der Waals surface area contributed by atoms with Gasteiger partial charge in [-0.2, -0.15) is 0 Å². The second-order valence-electron chi connectivity index (χ2n) is 4.70. The van der Waals surface area contributed by atoms with Crippen molar-refractivity contribution in [2.24, 2.45) is 0 Å². The Hall–Kier alpha value is -0.900. The quantitative estimate of drug-likeness (QED) is 0.391. The van der Waals surface area contributed by atoms with Crippen molar-refractivity contribution < 1.29 is 10.2 Å². The minimum atomic E-state index is -0.655. The number of hydrogen-bond acceptors (Lipinski definition) is 4. The molecule has 4 heteroatoms. The Morgan fingerprint density at radius 3 is 2.82 bits per heavy atom. The molecular weight excluding hydrogens is 216 g/mol.